The van der Waals surface area contributed by atoms with E-state index in [9.17, 15) is 9.59 Å². The molecular weight excluding hydrogens is 282 g/mol. The number of esters is 1. The highest BCUT2D eigenvalue weighted by atomic mass is 16.6. The molecule has 1 amide bonds. The first kappa shape index (κ1) is 20.0. The molecule has 1 aromatic rings. The van der Waals surface area contributed by atoms with E-state index >= 15 is 0 Å². The van der Waals surface area contributed by atoms with Crippen molar-refractivity contribution in [3.05, 3.63) is 35.9 Å². The number of carbonyl (C=O) groups excluding carboxylic acids is 2. The van der Waals surface area contributed by atoms with Crippen LogP contribution in [0.1, 0.15) is 47.1 Å². The molecule has 0 radical (unpaired) electrons. The molecular formula is C17H27NO4. The number of benzene rings is 1. The number of hydrogen-bond donors (Lipinski definition) is 1. The smallest absolute Gasteiger partial charge is 0.405 e. The molecule has 0 spiro atoms. The van der Waals surface area contributed by atoms with Crippen LogP contribution in [0.4, 0.5) is 4.79 Å². The van der Waals surface area contributed by atoms with Gasteiger partial charge >= 0.3 is 12.1 Å². The third-order valence-electron chi connectivity index (χ3n) is 2.02. The summed E-state index contributed by atoms with van der Waals surface area (Å²) < 4.78 is 9.78. The van der Waals surface area contributed by atoms with Crippen LogP contribution in [0.3, 0.4) is 0 Å². The maximum atomic E-state index is 11.4. The van der Waals surface area contributed by atoms with Gasteiger partial charge in [-0.3, -0.25) is 4.79 Å². The summed E-state index contributed by atoms with van der Waals surface area (Å²) in [5, 5.41) is 0. The second-order valence-electron chi connectivity index (χ2n) is 6.78. The Bertz CT molecular complexity index is 470. The van der Waals surface area contributed by atoms with Gasteiger partial charge in [0.05, 0.1) is 6.42 Å². The first-order valence-electron chi connectivity index (χ1n) is 7.13. The summed E-state index contributed by atoms with van der Waals surface area (Å²) in [5.41, 5.74) is 4.86. The average molecular weight is 309 g/mol. The highest BCUT2D eigenvalue weighted by Gasteiger charge is 2.16. The van der Waals surface area contributed by atoms with Crippen molar-refractivity contribution in [2.75, 3.05) is 0 Å². The van der Waals surface area contributed by atoms with Crippen LogP contribution in [-0.2, 0) is 20.7 Å². The fraction of sp³-hybridized carbons (Fsp3) is 0.529. The molecule has 0 saturated carbocycles. The lowest BCUT2D eigenvalue weighted by Gasteiger charge is -2.19. The van der Waals surface area contributed by atoms with Crippen molar-refractivity contribution in [2.24, 2.45) is 5.73 Å². The lowest BCUT2D eigenvalue weighted by molar-refractivity contribution is -0.153. The molecule has 124 valence electrons. The van der Waals surface area contributed by atoms with Crippen LogP contribution >= 0.6 is 0 Å². The summed E-state index contributed by atoms with van der Waals surface area (Å²) in [5.74, 6) is -0.177. The summed E-state index contributed by atoms with van der Waals surface area (Å²) in [7, 11) is 0. The third kappa shape index (κ3) is 13.0. The predicted octanol–water partition coefficient (Wildman–Crippen LogP) is 3.45. The van der Waals surface area contributed by atoms with Crippen molar-refractivity contribution < 1.29 is 19.1 Å². The molecule has 2 N–H and O–H groups in total. The van der Waals surface area contributed by atoms with Crippen LogP contribution in [-0.4, -0.2) is 23.3 Å². The Morgan fingerprint density at radius 1 is 0.909 bits per heavy atom. The van der Waals surface area contributed by atoms with Gasteiger partial charge in [0.1, 0.15) is 11.2 Å². The largest absolute Gasteiger partial charge is 0.460 e. The molecule has 0 unspecified atom stereocenters. The molecule has 5 heteroatoms. The van der Waals surface area contributed by atoms with Crippen LogP contribution in [0.25, 0.3) is 0 Å². The van der Waals surface area contributed by atoms with Crippen molar-refractivity contribution in [1.82, 2.24) is 0 Å². The molecule has 1 rings (SSSR count). The van der Waals surface area contributed by atoms with Crippen LogP contribution in [0, 0.1) is 0 Å². The van der Waals surface area contributed by atoms with E-state index in [1.807, 2.05) is 51.1 Å². The summed E-state index contributed by atoms with van der Waals surface area (Å²) >= 11 is 0. The van der Waals surface area contributed by atoms with Gasteiger partial charge < -0.3 is 15.2 Å². The van der Waals surface area contributed by atoms with E-state index in [4.69, 9.17) is 10.5 Å². The SMILES string of the molecule is CC(C)(C)OC(=O)Cc1ccccc1.CC(C)(C)OC(N)=O. The van der Waals surface area contributed by atoms with Gasteiger partial charge in [0.15, 0.2) is 0 Å². The maximum absolute atomic E-state index is 11.4. The number of carbonyl (C=O) groups is 2. The van der Waals surface area contributed by atoms with Gasteiger partial charge in [-0.2, -0.15) is 0 Å². The van der Waals surface area contributed by atoms with Gasteiger partial charge in [0.2, 0.25) is 0 Å². The van der Waals surface area contributed by atoms with E-state index in [0.29, 0.717) is 6.42 Å². The Kier molecular flexibility index (Phi) is 7.63. The lowest BCUT2D eigenvalue weighted by Crippen LogP contribution is -2.27. The van der Waals surface area contributed by atoms with E-state index in [2.05, 4.69) is 4.74 Å². The van der Waals surface area contributed by atoms with E-state index in [0.717, 1.165) is 5.56 Å². The van der Waals surface area contributed by atoms with E-state index < -0.39 is 17.3 Å². The summed E-state index contributed by atoms with van der Waals surface area (Å²) in [4.78, 5) is 21.4. The predicted molar refractivity (Wildman–Crippen MR) is 86.4 cm³/mol. The van der Waals surface area contributed by atoms with Crippen molar-refractivity contribution in [3.63, 3.8) is 0 Å². The highest BCUT2D eigenvalue weighted by Crippen LogP contribution is 2.09. The number of hydrogen-bond acceptors (Lipinski definition) is 4. The van der Waals surface area contributed by atoms with Crippen molar-refractivity contribution in [1.29, 1.82) is 0 Å². The van der Waals surface area contributed by atoms with Gasteiger partial charge in [0.25, 0.3) is 0 Å². The second kappa shape index (κ2) is 8.41. The number of nitrogens with two attached hydrogens (primary N) is 1. The minimum Gasteiger partial charge on any atom is -0.460 e. The fourth-order valence-electron chi connectivity index (χ4n) is 1.44. The van der Waals surface area contributed by atoms with Crippen LogP contribution < -0.4 is 5.73 Å². The molecule has 0 saturated heterocycles. The van der Waals surface area contributed by atoms with Gasteiger partial charge in [-0.15, -0.1) is 0 Å². The van der Waals surface area contributed by atoms with E-state index in [1.165, 1.54) is 0 Å². The van der Waals surface area contributed by atoms with Crippen molar-refractivity contribution in [2.45, 2.75) is 59.2 Å². The van der Waals surface area contributed by atoms with Crippen LogP contribution in [0.2, 0.25) is 0 Å². The molecule has 0 heterocycles. The number of ether oxygens (including phenoxy) is 2. The topological polar surface area (TPSA) is 78.6 Å². The normalized spacial score (nSPS) is 11.0. The van der Waals surface area contributed by atoms with Gasteiger partial charge in [-0.05, 0) is 47.1 Å². The van der Waals surface area contributed by atoms with Crippen molar-refractivity contribution in [3.8, 4) is 0 Å². The van der Waals surface area contributed by atoms with Gasteiger partial charge in [-0.1, -0.05) is 30.3 Å². The van der Waals surface area contributed by atoms with Crippen molar-refractivity contribution >= 4 is 12.1 Å². The summed E-state index contributed by atoms with van der Waals surface area (Å²) in [6.45, 7) is 10.9. The molecule has 22 heavy (non-hydrogen) atoms. The van der Waals surface area contributed by atoms with Crippen LogP contribution in [0.5, 0.6) is 0 Å². The number of amides is 1. The zero-order valence-electron chi connectivity index (χ0n) is 14.3. The third-order valence-corrected chi connectivity index (χ3v) is 2.02. The van der Waals surface area contributed by atoms with Gasteiger partial charge in [0, 0.05) is 0 Å². The molecule has 0 bridgehead atoms. The molecule has 0 aromatic heterocycles. The summed E-state index contributed by atoms with van der Waals surface area (Å²) in [6, 6.07) is 9.60. The minimum atomic E-state index is -0.725. The van der Waals surface area contributed by atoms with E-state index in [-0.39, 0.29) is 5.97 Å². The maximum Gasteiger partial charge on any atom is 0.405 e. The zero-order chi connectivity index (χ0) is 17.4. The molecule has 1 aromatic carbocycles. The Hall–Kier alpha value is -2.04. The Labute approximate surface area is 132 Å². The first-order chi connectivity index (χ1) is 9.89. The zero-order valence-corrected chi connectivity index (χ0v) is 14.3. The highest BCUT2D eigenvalue weighted by molar-refractivity contribution is 5.72. The Morgan fingerprint density at radius 3 is 1.68 bits per heavy atom. The molecule has 0 fully saturated rings. The van der Waals surface area contributed by atoms with Gasteiger partial charge in [-0.25, -0.2) is 4.79 Å². The van der Waals surface area contributed by atoms with Crippen LogP contribution in [0.15, 0.2) is 30.3 Å². The van der Waals surface area contributed by atoms with E-state index in [1.54, 1.807) is 20.8 Å². The lowest BCUT2D eigenvalue weighted by atomic mass is 10.1. The minimum absolute atomic E-state index is 0.177. The molecule has 0 atom stereocenters. The Balaban J connectivity index is 0.000000472. The molecule has 0 aliphatic rings. The number of rotatable bonds is 2. The molecule has 5 nitrogen and oxygen atoms in total. The molecule has 0 aliphatic carbocycles. The first-order valence-corrected chi connectivity index (χ1v) is 7.13. The average Bonchev–Trinajstić information content (AvgIpc) is 2.24. The molecule has 0 aliphatic heterocycles. The quantitative estimate of drug-likeness (QED) is 0.849. The fourth-order valence-corrected chi connectivity index (χ4v) is 1.44. The summed E-state index contributed by atoms with van der Waals surface area (Å²) in [6.07, 6.45) is -0.379. The Morgan fingerprint density at radius 2 is 1.36 bits per heavy atom. The monoisotopic (exact) mass is 309 g/mol. The standard InChI is InChI=1S/C12H16O2.C5H11NO2/c1-12(2,3)14-11(13)9-10-7-5-4-6-8-10;1-5(2,3)8-4(6)7/h4-8H,9H2,1-3H3;1-3H3,(H2,6,7). The number of primary amides is 1. The second-order valence-corrected chi connectivity index (χ2v) is 6.78.